The summed E-state index contributed by atoms with van der Waals surface area (Å²) in [6, 6.07) is 28.6. The minimum atomic E-state index is -4.18. The molecular weight excluding hydrogens is 638 g/mol. The van der Waals surface area contributed by atoms with Crippen molar-refractivity contribution in [3.63, 3.8) is 0 Å². The zero-order chi connectivity index (χ0) is 30.3. The number of nitrogens with one attached hydrogen (secondary N) is 1. The van der Waals surface area contributed by atoms with Crippen molar-refractivity contribution in [2.24, 2.45) is 0 Å². The highest BCUT2D eigenvalue weighted by molar-refractivity contribution is 9.10. The van der Waals surface area contributed by atoms with E-state index in [1.54, 1.807) is 24.3 Å². The van der Waals surface area contributed by atoms with Crippen LogP contribution in [0.15, 0.2) is 112 Å². The van der Waals surface area contributed by atoms with Gasteiger partial charge in [0.1, 0.15) is 12.6 Å². The van der Waals surface area contributed by atoms with Crippen LogP contribution in [0.25, 0.3) is 0 Å². The van der Waals surface area contributed by atoms with Crippen molar-refractivity contribution in [3.8, 4) is 0 Å². The lowest BCUT2D eigenvalue weighted by atomic mass is 10.0. The third kappa shape index (κ3) is 7.79. The molecule has 7 nitrogen and oxygen atoms in total. The van der Waals surface area contributed by atoms with Gasteiger partial charge in [0.25, 0.3) is 10.0 Å². The Morgan fingerprint density at radius 3 is 2.07 bits per heavy atom. The molecule has 42 heavy (non-hydrogen) atoms. The Labute approximate surface area is 260 Å². The summed E-state index contributed by atoms with van der Waals surface area (Å²) in [6.07, 6.45) is 0.247. The van der Waals surface area contributed by atoms with Gasteiger partial charge in [-0.2, -0.15) is 0 Å². The van der Waals surface area contributed by atoms with Crippen LogP contribution < -0.4 is 9.62 Å². The van der Waals surface area contributed by atoms with E-state index in [-0.39, 0.29) is 23.8 Å². The van der Waals surface area contributed by atoms with Crippen LogP contribution in [0.4, 0.5) is 5.69 Å². The number of amides is 2. The zero-order valence-electron chi connectivity index (χ0n) is 23.2. The van der Waals surface area contributed by atoms with E-state index in [1.807, 2.05) is 61.5 Å². The highest BCUT2D eigenvalue weighted by atomic mass is 79.9. The van der Waals surface area contributed by atoms with Crippen molar-refractivity contribution in [1.29, 1.82) is 0 Å². The second kappa shape index (κ2) is 14.0. The number of benzene rings is 4. The number of aryl methyl sites for hydroxylation is 1. The van der Waals surface area contributed by atoms with Crippen LogP contribution in [-0.2, 0) is 32.6 Å². The lowest BCUT2D eigenvalue weighted by molar-refractivity contribution is -0.139. The fourth-order valence-electron chi connectivity index (χ4n) is 4.48. The maximum atomic E-state index is 14.3. The highest BCUT2D eigenvalue weighted by Crippen LogP contribution is 2.26. The number of rotatable bonds is 11. The number of sulfonamides is 1. The maximum Gasteiger partial charge on any atom is 0.264 e. The Morgan fingerprint density at radius 1 is 0.857 bits per heavy atom. The van der Waals surface area contributed by atoms with Gasteiger partial charge in [-0.15, -0.1) is 0 Å². The van der Waals surface area contributed by atoms with E-state index in [0.29, 0.717) is 10.7 Å². The Morgan fingerprint density at radius 2 is 1.48 bits per heavy atom. The predicted octanol–water partition coefficient (Wildman–Crippen LogP) is 5.99. The fourth-order valence-corrected chi connectivity index (χ4v) is 6.29. The number of carbonyl (C=O) groups excluding carboxylic acids is 2. The number of nitrogens with zero attached hydrogens (tertiary/aromatic N) is 2. The molecule has 4 aromatic carbocycles. The smallest absolute Gasteiger partial charge is 0.264 e. The first-order valence-electron chi connectivity index (χ1n) is 13.2. The Hall–Kier alpha value is -3.66. The molecule has 218 valence electrons. The third-order valence-electron chi connectivity index (χ3n) is 6.79. The van der Waals surface area contributed by atoms with E-state index in [2.05, 4.69) is 21.2 Å². The Balaban J connectivity index is 1.77. The first kappa shape index (κ1) is 31.3. The Kier molecular flexibility index (Phi) is 10.4. The molecule has 0 spiro atoms. The number of halogens is 2. The molecule has 0 aliphatic rings. The van der Waals surface area contributed by atoms with Gasteiger partial charge in [0.05, 0.1) is 10.6 Å². The van der Waals surface area contributed by atoms with E-state index >= 15 is 0 Å². The molecule has 4 rings (SSSR count). The number of hydrogen-bond acceptors (Lipinski definition) is 4. The second-order valence-electron chi connectivity index (χ2n) is 9.77. The summed E-state index contributed by atoms with van der Waals surface area (Å²) in [4.78, 5) is 29.0. The van der Waals surface area contributed by atoms with Crippen molar-refractivity contribution in [2.75, 3.05) is 17.9 Å². The van der Waals surface area contributed by atoms with E-state index in [1.165, 1.54) is 36.2 Å². The molecule has 10 heteroatoms. The standard InChI is InChI=1S/C32H31BrClN3O4S/c1-23-8-16-28(17-9-23)37(42(40,41)29-18-14-27(34)15-19-29)22-31(38)36(21-25-10-12-26(33)13-11-25)30(32(39)35-2)20-24-6-4-3-5-7-24/h3-19,30H,20-22H2,1-2H3,(H,35,39)/t30-/m0/s1. The van der Waals surface area contributed by atoms with Gasteiger partial charge in [0.15, 0.2) is 0 Å². The van der Waals surface area contributed by atoms with E-state index < -0.39 is 28.5 Å². The van der Waals surface area contributed by atoms with Gasteiger partial charge in [-0.1, -0.05) is 87.7 Å². The molecule has 4 aromatic rings. The monoisotopic (exact) mass is 667 g/mol. The number of likely N-dealkylation sites (N-methyl/N-ethyl adjacent to an activating group) is 1. The third-order valence-corrected chi connectivity index (χ3v) is 9.35. The Bertz CT molecular complexity index is 1620. The molecule has 2 amide bonds. The molecule has 0 unspecified atom stereocenters. The van der Waals surface area contributed by atoms with E-state index in [4.69, 9.17) is 11.6 Å². The van der Waals surface area contributed by atoms with Gasteiger partial charge in [-0.05, 0) is 66.6 Å². The predicted molar refractivity (Wildman–Crippen MR) is 170 cm³/mol. The van der Waals surface area contributed by atoms with E-state index in [9.17, 15) is 18.0 Å². The first-order valence-corrected chi connectivity index (χ1v) is 15.8. The average Bonchev–Trinajstić information content (AvgIpc) is 2.99. The maximum absolute atomic E-state index is 14.3. The average molecular weight is 669 g/mol. The minimum Gasteiger partial charge on any atom is -0.357 e. The number of hydrogen-bond donors (Lipinski definition) is 1. The van der Waals surface area contributed by atoms with Crippen LogP contribution in [0.3, 0.4) is 0 Å². The largest absolute Gasteiger partial charge is 0.357 e. The molecular formula is C32H31BrClN3O4S. The summed E-state index contributed by atoms with van der Waals surface area (Å²) in [5.41, 5.74) is 2.92. The lowest BCUT2D eigenvalue weighted by Crippen LogP contribution is -2.53. The molecule has 0 aliphatic carbocycles. The van der Waals surface area contributed by atoms with Crippen LogP contribution in [0.1, 0.15) is 16.7 Å². The zero-order valence-corrected chi connectivity index (χ0v) is 26.4. The SMILES string of the molecule is CNC(=O)[C@H](Cc1ccccc1)N(Cc1ccc(Br)cc1)C(=O)CN(c1ccc(C)cc1)S(=O)(=O)c1ccc(Cl)cc1. The van der Waals surface area contributed by atoms with Gasteiger partial charge in [0.2, 0.25) is 11.8 Å². The summed E-state index contributed by atoms with van der Waals surface area (Å²) in [6.45, 7) is 1.47. The van der Waals surface area contributed by atoms with E-state index in [0.717, 1.165) is 25.5 Å². The van der Waals surface area contributed by atoms with Crippen LogP contribution >= 0.6 is 27.5 Å². The van der Waals surface area contributed by atoms with Crippen LogP contribution in [0.2, 0.25) is 5.02 Å². The number of anilines is 1. The van der Waals surface area contributed by atoms with Crippen LogP contribution in [-0.4, -0.2) is 44.8 Å². The van der Waals surface area contributed by atoms with Gasteiger partial charge in [0, 0.05) is 29.5 Å². The summed E-state index contributed by atoms with van der Waals surface area (Å²) < 4.78 is 29.9. The topological polar surface area (TPSA) is 86.8 Å². The molecule has 0 saturated heterocycles. The summed E-state index contributed by atoms with van der Waals surface area (Å²) in [7, 11) is -2.66. The fraction of sp³-hybridized carbons (Fsp3) is 0.188. The molecule has 1 atom stereocenters. The molecule has 0 aromatic heterocycles. The second-order valence-corrected chi connectivity index (χ2v) is 13.0. The normalized spacial score (nSPS) is 11.9. The highest BCUT2D eigenvalue weighted by Gasteiger charge is 2.34. The molecule has 1 N–H and O–H groups in total. The van der Waals surface area contributed by atoms with Crippen molar-refractivity contribution in [1.82, 2.24) is 10.2 Å². The van der Waals surface area contributed by atoms with Crippen LogP contribution in [0, 0.1) is 6.92 Å². The lowest BCUT2D eigenvalue weighted by Gasteiger charge is -2.33. The molecule has 0 saturated carbocycles. The minimum absolute atomic E-state index is 0.00753. The summed E-state index contributed by atoms with van der Waals surface area (Å²) in [5, 5.41) is 3.07. The van der Waals surface area contributed by atoms with Crippen molar-refractivity contribution >= 4 is 55.1 Å². The van der Waals surface area contributed by atoms with Crippen molar-refractivity contribution < 1.29 is 18.0 Å². The summed E-state index contributed by atoms with van der Waals surface area (Å²) in [5.74, 6) is -0.882. The summed E-state index contributed by atoms with van der Waals surface area (Å²) >= 11 is 9.46. The molecule has 0 fully saturated rings. The van der Waals surface area contributed by atoms with Gasteiger partial charge in [-0.3, -0.25) is 13.9 Å². The molecule has 0 radical (unpaired) electrons. The molecule has 0 bridgehead atoms. The first-order chi connectivity index (χ1) is 20.1. The van der Waals surface area contributed by atoms with Crippen molar-refractivity contribution in [3.05, 3.63) is 129 Å². The molecule has 0 heterocycles. The van der Waals surface area contributed by atoms with Crippen molar-refractivity contribution in [2.45, 2.75) is 30.8 Å². The number of carbonyl (C=O) groups is 2. The quantitative estimate of drug-likeness (QED) is 0.213. The van der Waals surface area contributed by atoms with Gasteiger partial charge >= 0.3 is 0 Å². The molecule has 0 aliphatic heterocycles. The van der Waals surface area contributed by atoms with Gasteiger partial charge in [-0.25, -0.2) is 8.42 Å². The van der Waals surface area contributed by atoms with Gasteiger partial charge < -0.3 is 10.2 Å². The van der Waals surface area contributed by atoms with Crippen LogP contribution in [0.5, 0.6) is 0 Å².